The number of rotatable bonds is 3. The third-order valence-corrected chi connectivity index (χ3v) is 5.25. The van der Waals surface area contributed by atoms with Gasteiger partial charge in [-0.1, -0.05) is 12.1 Å². The van der Waals surface area contributed by atoms with E-state index in [4.69, 9.17) is 0 Å². The molecule has 1 aromatic heterocycles. The minimum atomic E-state index is -4.42. The van der Waals surface area contributed by atoms with E-state index >= 15 is 0 Å². The van der Waals surface area contributed by atoms with Crippen molar-refractivity contribution in [3.63, 3.8) is 0 Å². The summed E-state index contributed by atoms with van der Waals surface area (Å²) in [7, 11) is 0. The van der Waals surface area contributed by atoms with Crippen molar-refractivity contribution in [1.29, 1.82) is 0 Å². The lowest BCUT2D eigenvalue weighted by Gasteiger charge is -2.06. The number of nitrogens with zero attached hydrogens (tertiary/aromatic N) is 3. The minimum absolute atomic E-state index is 0.0244. The maximum Gasteiger partial charge on any atom is 0.416 e. The van der Waals surface area contributed by atoms with Gasteiger partial charge in [-0.2, -0.15) is 13.2 Å². The number of non-ortho nitro benzene ring substituents is 1. The van der Waals surface area contributed by atoms with Crippen LogP contribution in [0.3, 0.4) is 0 Å². The topological polar surface area (TPSA) is 52.0 Å². The molecule has 0 atom stereocenters. The minimum Gasteiger partial charge on any atom is -0.258 e. The van der Waals surface area contributed by atoms with Crippen LogP contribution < -0.4 is 4.57 Å². The highest BCUT2D eigenvalue weighted by Gasteiger charge is 2.34. The van der Waals surface area contributed by atoms with E-state index < -0.39 is 16.7 Å². The monoisotopic (exact) mass is 390 g/mol. The molecule has 3 aromatic rings. The molecule has 146 valence electrons. The lowest BCUT2D eigenvalue weighted by atomic mass is 10.1. The van der Waals surface area contributed by atoms with Crippen molar-refractivity contribution in [1.82, 2.24) is 4.57 Å². The summed E-state index contributed by atoms with van der Waals surface area (Å²) in [6.07, 6.45) is -0.630. The van der Waals surface area contributed by atoms with E-state index in [-0.39, 0.29) is 5.69 Å². The number of hydrogen-bond donors (Lipinski definition) is 0. The fourth-order valence-electron chi connectivity index (χ4n) is 3.94. The second-order valence-corrected chi connectivity index (χ2v) is 7.09. The van der Waals surface area contributed by atoms with Crippen molar-refractivity contribution >= 4 is 16.7 Å². The quantitative estimate of drug-likeness (QED) is 0.372. The molecular formula is C20H19F3N3O2+. The number of nitro groups is 1. The first-order valence-electron chi connectivity index (χ1n) is 9.20. The molecule has 8 heteroatoms. The summed E-state index contributed by atoms with van der Waals surface area (Å²) in [5.41, 5.74) is 1.27. The number of benzene rings is 2. The zero-order valence-electron chi connectivity index (χ0n) is 15.1. The molecule has 28 heavy (non-hydrogen) atoms. The van der Waals surface area contributed by atoms with Gasteiger partial charge >= 0.3 is 6.18 Å². The second-order valence-electron chi connectivity index (χ2n) is 7.09. The molecule has 4 rings (SSSR count). The number of aromatic nitrogens is 2. The third kappa shape index (κ3) is 3.34. The summed E-state index contributed by atoms with van der Waals surface area (Å²) >= 11 is 0. The zero-order chi connectivity index (χ0) is 19.9. The predicted octanol–water partition coefficient (Wildman–Crippen LogP) is 4.63. The highest BCUT2D eigenvalue weighted by atomic mass is 19.4. The molecule has 0 bridgehead atoms. The van der Waals surface area contributed by atoms with E-state index in [2.05, 4.69) is 4.57 Å². The average Bonchev–Trinajstić information content (AvgIpc) is 2.81. The zero-order valence-corrected chi connectivity index (χ0v) is 15.1. The molecule has 0 saturated carbocycles. The van der Waals surface area contributed by atoms with Crippen LogP contribution in [0.5, 0.6) is 0 Å². The molecule has 0 fully saturated rings. The summed E-state index contributed by atoms with van der Waals surface area (Å²) in [4.78, 5) is 10.6. The smallest absolute Gasteiger partial charge is 0.258 e. The highest BCUT2D eigenvalue weighted by molar-refractivity contribution is 5.74. The molecular weight excluding hydrogens is 371 g/mol. The third-order valence-electron chi connectivity index (χ3n) is 5.25. The molecule has 0 amide bonds. The van der Waals surface area contributed by atoms with Crippen LogP contribution in [0, 0.1) is 10.1 Å². The van der Waals surface area contributed by atoms with Gasteiger partial charge in [-0.15, -0.1) is 0 Å². The van der Waals surface area contributed by atoms with E-state index in [1.54, 1.807) is 12.1 Å². The van der Waals surface area contributed by atoms with E-state index in [1.807, 2.05) is 4.57 Å². The normalized spacial score (nSPS) is 14.7. The van der Waals surface area contributed by atoms with Crippen molar-refractivity contribution in [2.75, 3.05) is 0 Å². The second kappa shape index (κ2) is 6.92. The van der Waals surface area contributed by atoms with Crippen LogP contribution in [0.15, 0.2) is 42.5 Å². The first-order chi connectivity index (χ1) is 13.3. The van der Waals surface area contributed by atoms with Crippen LogP contribution in [0.2, 0.25) is 0 Å². The molecule has 0 radical (unpaired) electrons. The Labute approximate surface area is 159 Å². The fraction of sp³-hybridized carbons (Fsp3) is 0.350. The number of nitro benzene ring substituents is 1. The number of halogens is 3. The van der Waals surface area contributed by atoms with Crippen molar-refractivity contribution in [2.45, 2.75) is 44.9 Å². The fourth-order valence-corrected chi connectivity index (χ4v) is 3.94. The summed E-state index contributed by atoms with van der Waals surface area (Å²) in [6, 6.07) is 10.1. The molecule has 0 unspecified atom stereocenters. The average molecular weight is 390 g/mol. The molecule has 0 aliphatic carbocycles. The number of hydrogen-bond acceptors (Lipinski definition) is 2. The summed E-state index contributed by atoms with van der Waals surface area (Å²) in [5.74, 6) is 0.971. The van der Waals surface area contributed by atoms with Gasteiger partial charge in [0.25, 0.3) is 11.5 Å². The van der Waals surface area contributed by atoms with E-state index in [1.165, 1.54) is 24.3 Å². The Bertz CT molecular complexity index is 1060. The van der Waals surface area contributed by atoms with Gasteiger partial charge in [0.15, 0.2) is 11.0 Å². The number of aryl methyl sites for hydroxylation is 1. The molecule has 2 heterocycles. The Morgan fingerprint density at radius 3 is 2.68 bits per heavy atom. The standard InChI is InChI=1S/C20H19F3N3O2/c21-20(22,23)15-8-9-17-18(12-15)25(19-7-2-1-3-10-24(17)19)13-14-5-4-6-16(11-14)26(27)28/h4-6,8-9,11-12H,1-3,7,10,13H2/q+1. The largest absolute Gasteiger partial charge is 0.416 e. The van der Waals surface area contributed by atoms with Crippen LogP contribution in [0.4, 0.5) is 18.9 Å². The first kappa shape index (κ1) is 18.5. The van der Waals surface area contributed by atoms with E-state index in [0.717, 1.165) is 49.6 Å². The number of alkyl halides is 3. The molecule has 0 saturated heterocycles. The Balaban J connectivity index is 1.88. The molecule has 0 spiro atoms. The van der Waals surface area contributed by atoms with Gasteiger partial charge in [0.05, 0.1) is 17.0 Å². The molecule has 0 N–H and O–H groups in total. The lowest BCUT2D eigenvalue weighted by molar-refractivity contribution is -0.678. The lowest BCUT2D eigenvalue weighted by Crippen LogP contribution is -2.37. The van der Waals surface area contributed by atoms with Crippen LogP contribution in [-0.4, -0.2) is 9.49 Å². The summed E-state index contributed by atoms with van der Waals surface area (Å²) in [6.45, 7) is 1.06. The van der Waals surface area contributed by atoms with Crippen molar-refractivity contribution < 1.29 is 22.7 Å². The molecule has 1 aliphatic heterocycles. The Kier molecular flexibility index (Phi) is 4.56. The van der Waals surface area contributed by atoms with Gasteiger partial charge in [-0.3, -0.25) is 10.1 Å². The van der Waals surface area contributed by atoms with Crippen LogP contribution >= 0.6 is 0 Å². The van der Waals surface area contributed by atoms with Gasteiger partial charge in [-0.05, 0) is 31.4 Å². The van der Waals surface area contributed by atoms with Gasteiger partial charge in [0, 0.05) is 30.2 Å². The Hall–Kier alpha value is -2.90. The predicted molar refractivity (Wildman–Crippen MR) is 96.9 cm³/mol. The van der Waals surface area contributed by atoms with Crippen LogP contribution in [0.25, 0.3) is 11.0 Å². The van der Waals surface area contributed by atoms with Crippen LogP contribution in [-0.2, 0) is 25.7 Å². The van der Waals surface area contributed by atoms with Gasteiger partial charge in [0.1, 0.15) is 6.54 Å². The van der Waals surface area contributed by atoms with Crippen molar-refractivity contribution in [3.05, 3.63) is 69.5 Å². The van der Waals surface area contributed by atoms with E-state index in [9.17, 15) is 23.3 Å². The Morgan fingerprint density at radius 2 is 1.93 bits per heavy atom. The van der Waals surface area contributed by atoms with Crippen molar-refractivity contribution in [2.24, 2.45) is 0 Å². The number of fused-ring (bicyclic) bond motifs is 3. The molecule has 2 aromatic carbocycles. The first-order valence-corrected chi connectivity index (χ1v) is 9.20. The van der Waals surface area contributed by atoms with Gasteiger partial charge in [-0.25, -0.2) is 9.13 Å². The maximum atomic E-state index is 13.3. The molecule has 1 aliphatic rings. The van der Waals surface area contributed by atoms with Crippen LogP contribution in [0.1, 0.15) is 36.2 Å². The summed E-state index contributed by atoms with van der Waals surface area (Å²) in [5, 5.41) is 11.1. The number of imidazole rings is 1. The SMILES string of the molecule is O=[N+]([O-])c1cccc(Cn2c3[n+](c4ccc(C(F)(F)F)cc42)CCCCC3)c1. The Morgan fingerprint density at radius 1 is 1.11 bits per heavy atom. The highest BCUT2D eigenvalue weighted by Crippen LogP contribution is 2.32. The van der Waals surface area contributed by atoms with Gasteiger partial charge in [0.2, 0.25) is 0 Å². The van der Waals surface area contributed by atoms with E-state index in [0.29, 0.717) is 17.6 Å². The summed E-state index contributed by atoms with van der Waals surface area (Å²) < 4.78 is 43.8. The van der Waals surface area contributed by atoms with Crippen molar-refractivity contribution in [3.8, 4) is 0 Å². The molecule has 5 nitrogen and oxygen atoms in total. The van der Waals surface area contributed by atoms with Gasteiger partial charge < -0.3 is 0 Å². The maximum absolute atomic E-state index is 13.3.